The van der Waals surface area contributed by atoms with Crippen LogP contribution in [0.3, 0.4) is 0 Å². The molecule has 2 aliphatic carbocycles. The van der Waals surface area contributed by atoms with Crippen molar-refractivity contribution in [3.8, 4) is 5.75 Å². The van der Waals surface area contributed by atoms with Gasteiger partial charge in [-0.05, 0) is 42.2 Å². The first kappa shape index (κ1) is 22.5. The van der Waals surface area contributed by atoms with Crippen molar-refractivity contribution in [3.05, 3.63) is 28.3 Å². The molecule has 0 unspecified atom stereocenters. The number of halogens is 2. The van der Waals surface area contributed by atoms with E-state index in [1.807, 2.05) is 6.07 Å². The number of hydrogen-bond acceptors (Lipinski definition) is 4. The molecule has 0 aromatic heterocycles. The van der Waals surface area contributed by atoms with Crippen LogP contribution >= 0.6 is 27.5 Å². The van der Waals surface area contributed by atoms with Crippen LogP contribution in [-0.4, -0.2) is 34.8 Å². The number of esters is 1. The maximum absolute atomic E-state index is 12.7. The first-order valence-electron chi connectivity index (χ1n) is 11.5. The predicted octanol–water partition coefficient (Wildman–Crippen LogP) is 5.24. The Hall–Kier alpha value is -1.27. The van der Waals surface area contributed by atoms with Gasteiger partial charge in [-0.15, -0.1) is 11.6 Å². The lowest BCUT2D eigenvalue weighted by Gasteiger charge is -2.67. The van der Waals surface area contributed by atoms with Crippen LogP contribution in [0.5, 0.6) is 5.75 Å². The third-order valence-electron chi connectivity index (χ3n) is 9.29. The van der Waals surface area contributed by atoms with Crippen LogP contribution in [0.25, 0.3) is 0 Å². The zero-order chi connectivity index (χ0) is 23.2. The summed E-state index contributed by atoms with van der Waals surface area (Å²) in [5.41, 5.74) is 1.89. The van der Waals surface area contributed by atoms with Crippen LogP contribution in [0.4, 0.5) is 0 Å². The molecule has 1 spiro atoms. The van der Waals surface area contributed by atoms with E-state index in [9.17, 15) is 9.59 Å². The van der Waals surface area contributed by atoms with Gasteiger partial charge in [0.2, 0.25) is 0 Å². The van der Waals surface area contributed by atoms with Crippen LogP contribution in [-0.2, 0) is 17.7 Å². The average molecular weight is 525 g/mol. The highest BCUT2D eigenvalue weighted by molar-refractivity contribution is 9.09. The van der Waals surface area contributed by atoms with Gasteiger partial charge in [-0.3, -0.25) is 4.79 Å². The smallest absolute Gasteiger partial charge is 0.338 e. The van der Waals surface area contributed by atoms with Gasteiger partial charge in [-0.25, -0.2) is 4.79 Å². The summed E-state index contributed by atoms with van der Waals surface area (Å²) in [5.74, 6) is 0.807. The molecule has 2 aliphatic heterocycles. The Labute approximate surface area is 203 Å². The Kier molecular flexibility index (Phi) is 5.01. The number of rotatable bonds is 1. The number of carbonyl (C=O) groups excluding carboxylic acids is 2. The molecule has 0 bridgehead atoms. The molecule has 32 heavy (non-hydrogen) atoms. The Balaban J connectivity index is 1.74. The molecule has 1 aromatic carbocycles. The fourth-order valence-electron chi connectivity index (χ4n) is 7.31. The van der Waals surface area contributed by atoms with Crippen molar-refractivity contribution in [2.45, 2.75) is 75.7 Å². The number of ether oxygens (including phenoxy) is 2. The lowest BCUT2D eigenvalue weighted by atomic mass is 9.44. The van der Waals surface area contributed by atoms with Crippen LogP contribution in [0.1, 0.15) is 78.8 Å². The largest absolute Gasteiger partial charge is 0.486 e. The molecule has 7 heteroatoms. The van der Waals surface area contributed by atoms with E-state index in [4.69, 9.17) is 21.1 Å². The quantitative estimate of drug-likeness (QED) is 0.403. The Bertz CT molecular complexity index is 1030. The summed E-state index contributed by atoms with van der Waals surface area (Å²) < 4.78 is 12.2. The summed E-state index contributed by atoms with van der Waals surface area (Å²) in [4.78, 5) is 25.4. The van der Waals surface area contributed by atoms with Crippen molar-refractivity contribution < 1.29 is 19.1 Å². The molecule has 2 heterocycles. The van der Waals surface area contributed by atoms with Gasteiger partial charge in [-0.2, -0.15) is 0 Å². The van der Waals surface area contributed by atoms with Crippen LogP contribution in [0, 0.1) is 22.7 Å². The Morgan fingerprint density at radius 3 is 2.72 bits per heavy atom. The molecular weight excluding hydrogens is 494 g/mol. The molecule has 5 rings (SSSR count). The van der Waals surface area contributed by atoms with Gasteiger partial charge in [0.1, 0.15) is 11.4 Å². The second kappa shape index (κ2) is 7.11. The topological polar surface area (TPSA) is 64.6 Å². The lowest BCUT2D eigenvalue weighted by Crippen LogP contribution is -2.71. The second-order valence-corrected chi connectivity index (χ2v) is 12.5. The van der Waals surface area contributed by atoms with Gasteiger partial charge in [0, 0.05) is 34.7 Å². The molecule has 6 atom stereocenters. The monoisotopic (exact) mass is 523 g/mol. The number of amides is 1. The minimum atomic E-state index is -0.483. The van der Waals surface area contributed by atoms with Gasteiger partial charge in [-0.1, -0.05) is 43.6 Å². The number of benzene rings is 1. The van der Waals surface area contributed by atoms with Crippen molar-refractivity contribution in [2.24, 2.45) is 22.7 Å². The molecule has 0 radical (unpaired) electrons. The fourth-order valence-corrected chi connectivity index (χ4v) is 8.37. The van der Waals surface area contributed by atoms with Crippen molar-refractivity contribution in [1.82, 2.24) is 5.32 Å². The SMILES string of the molecule is COC(=O)c1cc2c(c3c1C(=O)NC3)O[C@@]13C[C@@H](Cl)[C@H](Br)C(C)(C)[C@@H]1CC[C@H](C)[C@@]3(C)C2. The van der Waals surface area contributed by atoms with Crippen molar-refractivity contribution >= 4 is 39.4 Å². The predicted molar refractivity (Wildman–Crippen MR) is 127 cm³/mol. The molecule has 2 fully saturated rings. The molecule has 1 aromatic rings. The molecule has 1 N–H and O–H groups in total. The van der Waals surface area contributed by atoms with Crippen molar-refractivity contribution in [2.75, 3.05) is 7.11 Å². The van der Waals surface area contributed by atoms with Crippen LogP contribution in [0.15, 0.2) is 6.07 Å². The first-order chi connectivity index (χ1) is 15.0. The van der Waals surface area contributed by atoms with E-state index in [1.54, 1.807) is 0 Å². The highest BCUT2D eigenvalue weighted by Crippen LogP contribution is 2.67. The number of carbonyl (C=O) groups is 2. The Morgan fingerprint density at radius 1 is 1.31 bits per heavy atom. The van der Waals surface area contributed by atoms with Crippen molar-refractivity contribution in [3.63, 3.8) is 0 Å². The summed E-state index contributed by atoms with van der Waals surface area (Å²) in [6.07, 6.45) is 3.77. The van der Waals surface area contributed by atoms with E-state index < -0.39 is 11.6 Å². The van der Waals surface area contributed by atoms with Gasteiger partial charge in [0.05, 0.1) is 23.6 Å². The maximum Gasteiger partial charge on any atom is 0.338 e. The first-order valence-corrected chi connectivity index (χ1v) is 12.9. The fraction of sp³-hybridized carbons (Fsp3) is 0.680. The molecule has 1 amide bonds. The van der Waals surface area contributed by atoms with Gasteiger partial charge in [0.25, 0.3) is 5.91 Å². The summed E-state index contributed by atoms with van der Waals surface area (Å²) in [6.45, 7) is 9.64. The van der Waals surface area contributed by atoms with Crippen molar-refractivity contribution in [1.29, 1.82) is 0 Å². The van der Waals surface area contributed by atoms with E-state index >= 15 is 0 Å². The molecular formula is C25H31BrClNO4. The number of nitrogens with one attached hydrogen (secondary N) is 1. The third kappa shape index (κ3) is 2.68. The number of alkyl halides is 2. The van der Waals surface area contributed by atoms with Gasteiger partial charge < -0.3 is 14.8 Å². The van der Waals surface area contributed by atoms with E-state index in [0.717, 1.165) is 42.6 Å². The van der Waals surface area contributed by atoms with E-state index in [0.29, 0.717) is 29.5 Å². The zero-order valence-electron chi connectivity index (χ0n) is 19.3. The van der Waals surface area contributed by atoms with E-state index in [2.05, 4.69) is 48.9 Å². The maximum atomic E-state index is 12.7. The number of hydrogen-bond donors (Lipinski definition) is 1. The normalized spacial score (nSPS) is 39.0. The van der Waals surface area contributed by atoms with E-state index in [1.165, 1.54) is 7.11 Å². The van der Waals surface area contributed by atoms with Crippen LogP contribution < -0.4 is 10.1 Å². The average Bonchev–Trinajstić information content (AvgIpc) is 3.13. The molecule has 4 aliphatic rings. The molecule has 174 valence electrons. The van der Waals surface area contributed by atoms with Crippen LogP contribution in [0.2, 0.25) is 0 Å². The summed E-state index contributed by atoms with van der Waals surface area (Å²) in [7, 11) is 1.35. The van der Waals surface area contributed by atoms with Gasteiger partial charge >= 0.3 is 5.97 Å². The highest BCUT2D eigenvalue weighted by atomic mass is 79.9. The summed E-state index contributed by atoms with van der Waals surface area (Å²) in [5, 5.41) is 2.83. The molecule has 2 saturated carbocycles. The highest BCUT2D eigenvalue weighted by Gasteiger charge is 2.69. The second-order valence-electron chi connectivity index (χ2n) is 11.0. The molecule has 0 saturated heterocycles. The number of fused-ring (bicyclic) bond motifs is 3. The summed E-state index contributed by atoms with van der Waals surface area (Å²) >= 11 is 10.9. The van der Waals surface area contributed by atoms with E-state index in [-0.39, 0.29) is 26.9 Å². The minimum Gasteiger partial charge on any atom is -0.486 e. The Morgan fingerprint density at radius 2 is 2.03 bits per heavy atom. The zero-order valence-corrected chi connectivity index (χ0v) is 21.7. The lowest BCUT2D eigenvalue weighted by molar-refractivity contribution is -0.207. The number of methoxy groups -OCH3 is 1. The minimum absolute atomic E-state index is 0.0488. The standard InChI is InChI=1S/C25H31BrClNO4/c1-12-6-7-17-23(2,3)20(26)16(27)10-25(17)24(12,4)9-13-8-14(22(30)31-5)18-15(19(13)32-25)11-28-21(18)29/h8,12,16-17,20H,6-7,9-11H2,1-5H3,(H,28,29)/t12-,16+,17-,20-,24+,25-/m0/s1. The third-order valence-corrected chi connectivity index (χ3v) is 11.8. The van der Waals surface area contributed by atoms with Gasteiger partial charge in [0.15, 0.2) is 0 Å². The molecule has 5 nitrogen and oxygen atoms in total. The summed E-state index contributed by atoms with van der Waals surface area (Å²) in [6, 6.07) is 1.83.